The number of fused-ring (bicyclic) bond motifs is 1. The van der Waals surface area contributed by atoms with Crippen LogP contribution < -0.4 is 17.7 Å². The van der Waals surface area contributed by atoms with E-state index in [1.54, 1.807) is 11.3 Å². The second-order valence-electron chi connectivity index (χ2n) is 10.2. The second-order valence-corrected chi connectivity index (χ2v) is 11.2. The number of aryl methyl sites for hydroxylation is 1. The number of aromatic nitrogens is 1. The maximum atomic E-state index is 10.7. The Morgan fingerprint density at radius 2 is 1.83 bits per heavy atom. The zero-order valence-corrected chi connectivity index (χ0v) is 22.5. The third-order valence-electron chi connectivity index (χ3n) is 6.53. The van der Waals surface area contributed by atoms with Crippen molar-refractivity contribution in [2.45, 2.75) is 43.9 Å². The highest BCUT2D eigenvalue weighted by molar-refractivity contribution is 7.21. The third-order valence-corrected chi connectivity index (χ3v) is 7.60. The molecule has 0 bridgehead atoms. The minimum atomic E-state index is -1.88. The highest BCUT2D eigenvalue weighted by Gasteiger charge is 2.51. The minimum Gasteiger partial charge on any atom is -1.00 e. The fourth-order valence-electron chi connectivity index (χ4n) is 4.51. The summed E-state index contributed by atoms with van der Waals surface area (Å²) >= 11 is 1.71. The lowest BCUT2D eigenvalue weighted by Crippen LogP contribution is -3.00. The molecule has 1 fully saturated rings. The highest BCUT2D eigenvalue weighted by atomic mass is 35.5. The van der Waals surface area contributed by atoms with Crippen LogP contribution in [-0.4, -0.2) is 94.3 Å². The Kier molecular flexibility index (Phi) is 9.35. The van der Waals surface area contributed by atoms with Gasteiger partial charge in [0.1, 0.15) is 29.9 Å². The Bertz CT molecular complexity index is 1140. The molecule has 0 spiro atoms. The maximum absolute atomic E-state index is 10.7. The molecule has 1 aromatic heterocycles. The second kappa shape index (κ2) is 11.7. The van der Waals surface area contributed by atoms with Crippen molar-refractivity contribution >= 4 is 27.2 Å². The molecule has 3 aromatic rings. The van der Waals surface area contributed by atoms with Gasteiger partial charge in [0.15, 0.2) is 0 Å². The van der Waals surface area contributed by atoms with Gasteiger partial charge in [-0.05, 0) is 61.7 Å². The van der Waals surface area contributed by atoms with Gasteiger partial charge in [-0.15, -0.1) is 11.3 Å². The summed E-state index contributed by atoms with van der Waals surface area (Å²) in [5, 5.41) is 44.9. The van der Waals surface area contributed by atoms with Crippen LogP contribution in [0.2, 0.25) is 0 Å². The van der Waals surface area contributed by atoms with E-state index in [-0.39, 0.29) is 25.6 Å². The Morgan fingerprint density at radius 1 is 1.11 bits per heavy atom. The molecule has 4 rings (SSSR count). The molecule has 1 saturated heterocycles. The number of ether oxygens (including phenoxy) is 1. The lowest BCUT2D eigenvalue weighted by Gasteiger charge is -2.45. The Morgan fingerprint density at radius 3 is 2.56 bits per heavy atom. The molecule has 10 heteroatoms. The van der Waals surface area contributed by atoms with Crippen LogP contribution >= 0.6 is 11.3 Å². The molecule has 0 unspecified atom stereocenters. The average molecular weight is 538 g/mol. The molecule has 198 valence electrons. The molecule has 0 saturated carbocycles. The van der Waals surface area contributed by atoms with Crippen LogP contribution in [0.4, 0.5) is 5.69 Å². The number of aliphatic hydroxyl groups excluding tert-OH is 3. The number of quaternary nitrogens is 1. The minimum absolute atomic E-state index is 0. The number of aliphatic hydroxyl groups is 4. The fraction of sp³-hybridized carbons (Fsp3) is 0.500. The number of halogens is 1. The number of likely N-dealkylation sites (N-methyl/N-ethyl adjacent to an activating group) is 1. The molecule has 8 nitrogen and oxygen atoms in total. The quantitative estimate of drug-likeness (QED) is 0.182. The molecular formula is C26H36ClN3O5S. The summed E-state index contributed by atoms with van der Waals surface area (Å²) in [6.45, 7) is 3.56. The average Bonchev–Trinajstić information content (AvgIpc) is 3.23. The first kappa shape index (κ1) is 28.7. The largest absolute Gasteiger partial charge is 1.00 e. The summed E-state index contributed by atoms with van der Waals surface area (Å²) in [4.78, 5) is 4.75. The van der Waals surface area contributed by atoms with Crippen molar-refractivity contribution in [2.75, 3.05) is 45.7 Å². The van der Waals surface area contributed by atoms with Crippen molar-refractivity contribution in [3.8, 4) is 10.6 Å². The van der Waals surface area contributed by atoms with Gasteiger partial charge in [0.05, 0.1) is 37.5 Å². The van der Waals surface area contributed by atoms with Crippen LogP contribution in [0.5, 0.6) is 0 Å². The van der Waals surface area contributed by atoms with E-state index in [0.717, 1.165) is 47.7 Å². The predicted octanol–water partition coefficient (Wildman–Crippen LogP) is -0.654. The number of hydrogen-bond acceptors (Lipinski definition) is 8. The van der Waals surface area contributed by atoms with E-state index in [9.17, 15) is 20.4 Å². The Labute approximate surface area is 222 Å². The van der Waals surface area contributed by atoms with Gasteiger partial charge in [-0.3, -0.25) is 0 Å². The number of nitrogens with zero attached hydrogens (tertiary/aromatic N) is 2. The highest BCUT2D eigenvalue weighted by Crippen LogP contribution is 2.31. The standard InChI is InChI=1S/C26H36N3O5S.ClH/c1-17-6-11-20-22(14-17)35-25(28-20)18-7-9-19(10-8-18)27-12-4-5-13-29(2,3)16-26(33)24(32)23(31)21(30)15-34-26;/h6-11,14,21,23-24,27,30-33H,4-5,12-13,15-16H2,1-3H3;1H/q+1;/p-1/t21-,23-,24+,26-;/m1./s1. The molecule has 0 aliphatic carbocycles. The summed E-state index contributed by atoms with van der Waals surface area (Å²) in [6, 6.07) is 14.7. The van der Waals surface area contributed by atoms with Gasteiger partial charge in [0, 0.05) is 17.8 Å². The Balaban J connectivity index is 0.00000361. The number of benzene rings is 2. The zero-order valence-electron chi connectivity index (χ0n) is 20.9. The van der Waals surface area contributed by atoms with Crippen molar-refractivity contribution < 1.29 is 42.1 Å². The molecule has 0 amide bonds. The van der Waals surface area contributed by atoms with Crippen molar-refractivity contribution in [3.05, 3.63) is 48.0 Å². The molecule has 0 radical (unpaired) electrons. The zero-order chi connectivity index (χ0) is 25.2. The van der Waals surface area contributed by atoms with Gasteiger partial charge >= 0.3 is 0 Å². The van der Waals surface area contributed by atoms with E-state index in [1.807, 2.05) is 14.1 Å². The smallest absolute Gasteiger partial charge is 0.245 e. The van der Waals surface area contributed by atoms with E-state index >= 15 is 0 Å². The molecule has 5 N–H and O–H groups in total. The van der Waals surface area contributed by atoms with Crippen LogP contribution in [0.25, 0.3) is 20.8 Å². The molecular weight excluding hydrogens is 502 g/mol. The van der Waals surface area contributed by atoms with E-state index in [4.69, 9.17) is 9.72 Å². The molecule has 36 heavy (non-hydrogen) atoms. The fourth-order valence-corrected chi connectivity index (χ4v) is 5.58. The summed E-state index contributed by atoms with van der Waals surface area (Å²) in [5.74, 6) is -1.88. The van der Waals surface area contributed by atoms with Gasteiger partial charge in [-0.25, -0.2) is 4.98 Å². The maximum Gasteiger partial charge on any atom is 0.245 e. The van der Waals surface area contributed by atoms with Crippen LogP contribution in [0, 0.1) is 6.92 Å². The van der Waals surface area contributed by atoms with Gasteiger partial charge in [0.25, 0.3) is 0 Å². The number of unbranched alkanes of at least 4 members (excludes halogenated alkanes) is 1. The van der Waals surface area contributed by atoms with E-state index in [1.165, 1.54) is 10.3 Å². The number of hydrogen-bond donors (Lipinski definition) is 5. The van der Waals surface area contributed by atoms with E-state index in [0.29, 0.717) is 4.48 Å². The number of nitrogens with one attached hydrogen (secondary N) is 1. The molecule has 1 aliphatic heterocycles. The number of anilines is 1. The van der Waals surface area contributed by atoms with Gasteiger partial charge < -0.3 is 47.4 Å². The van der Waals surface area contributed by atoms with Crippen LogP contribution in [0.3, 0.4) is 0 Å². The first-order valence-electron chi connectivity index (χ1n) is 12.0. The summed E-state index contributed by atoms with van der Waals surface area (Å²) in [5.41, 5.74) is 4.43. The van der Waals surface area contributed by atoms with Crippen molar-refractivity contribution in [1.82, 2.24) is 4.98 Å². The molecule has 4 atom stereocenters. The summed E-state index contributed by atoms with van der Waals surface area (Å²) in [7, 11) is 3.89. The SMILES string of the molecule is Cc1ccc2nc(-c3ccc(NCCCC[N+](C)(C)C[C@@]4(O)OC[C@@H](O)[C@@H](O)[C@@H]4O)cc3)sc2c1.[Cl-]. The number of thiazole rings is 1. The number of rotatable bonds is 9. The van der Waals surface area contributed by atoms with Crippen molar-refractivity contribution in [2.24, 2.45) is 0 Å². The monoisotopic (exact) mass is 537 g/mol. The first-order valence-corrected chi connectivity index (χ1v) is 12.8. The van der Waals surface area contributed by atoms with E-state index in [2.05, 4.69) is 54.7 Å². The van der Waals surface area contributed by atoms with E-state index < -0.39 is 24.1 Å². The van der Waals surface area contributed by atoms with Crippen molar-refractivity contribution in [1.29, 1.82) is 0 Å². The van der Waals surface area contributed by atoms with Crippen LogP contribution in [-0.2, 0) is 4.74 Å². The van der Waals surface area contributed by atoms with Crippen LogP contribution in [0.1, 0.15) is 18.4 Å². The lowest BCUT2D eigenvalue weighted by atomic mass is 9.96. The first-order chi connectivity index (χ1) is 16.6. The van der Waals surface area contributed by atoms with Crippen molar-refractivity contribution in [3.63, 3.8) is 0 Å². The topological polar surface area (TPSA) is 115 Å². The predicted molar refractivity (Wildman–Crippen MR) is 138 cm³/mol. The molecule has 2 heterocycles. The molecule has 1 aliphatic rings. The lowest BCUT2D eigenvalue weighted by molar-refractivity contribution is -0.901. The van der Waals surface area contributed by atoms with Gasteiger partial charge in [-0.2, -0.15) is 0 Å². The summed E-state index contributed by atoms with van der Waals surface area (Å²) < 4.78 is 6.92. The Hall–Kier alpha value is -1.82. The third kappa shape index (κ3) is 6.73. The van der Waals surface area contributed by atoms with Gasteiger partial charge in [-0.1, -0.05) is 6.07 Å². The summed E-state index contributed by atoms with van der Waals surface area (Å²) in [6.07, 6.45) is -2.35. The normalized spacial score (nSPS) is 24.5. The van der Waals surface area contributed by atoms with Gasteiger partial charge in [0.2, 0.25) is 5.79 Å². The molecule has 2 aromatic carbocycles. The van der Waals surface area contributed by atoms with Crippen LogP contribution in [0.15, 0.2) is 42.5 Å².